The van der Waals surface area contributed by atoms with Crippen molar-refractivity contribution in [2.24, 2.45) is 0 Å². The summed E-state index contributed by atoms with van der Waals surface area (Å²) in [5, 5.41) is 11.7. The maximum Gasteiger partial charge on any atom is 0.268 e. The number of amides is 1. The second-order valence-corrected chi connectivity index (χ2v) is 5.01. The molecule has 0 unspecified atom stereocenters. The number of halogens is 2. The molecule has 2 rings (SSSR count). The summed E-state index contributed by atoms with van der Waals surface area (Å²) < 4.78 is 5.04. The van der Waals surface area contributed by atoms with Crippen LogP contribution >= 0.6 is 23.2 Å². The summed E-state index contributed by atoms with van der Waals surface area (Å²) in [6.45, 7) is 0. The number of rotatable bonds is 4. The molecule has 0 saturated heterocycles. The minimum Gasteiger partial charge on any atom is -0.497 e. The van der Waals surface area contributed by atoms with Crippen molar-refractivity contribution in [2.75, 3.05) is 12.4 Å². The zero-order valence-electron chi connectivity index (χ0n) is 11.9. The number of nitrogens with one attached hydrogen (secondary N) is 1. The largest absolute Gasteiger partial charge is 0.497 e. The molecule has 1 heterocycles. The number of hydrogen-bond acceptors (Lipinski definition) is 5. The van der Waals surface area contributed by atoms with Gasteiger partial charge in [0.15, 0.2) is 0 Å². The molecule has 2 aromatic rings. The van der Waals surface area contributed by atoms with Gasteiger partial charge in [0.2, 0.25) is 5.95 Å². The highest BCUT2D eigenvalue weighted by molar-refractivity contribution is 6.33. The number of anilines is 1. The number of nitriles is 1. The molecule has 0 fully saturated rings. The van der Waals surface area contributed by atoms with E-state index in [1.165, 1.54) is 12.1 Å². The number of aromatic nitrogens is 2. The van der Waals surface area contributed by atoms with Gasteiger partial charge >= 0.3 is 0 Å². The lowest BCUT2D eigenvalue weighted by Gasteiger charge is -2.04. The summed E-state index contributed by atoms with van der Waals surface area (Å²) in [6.07, 6.45) is 1.43. The number of carbonyl (C=O) groups excluding carboxylic acids is 1. The molecule has 0 radical (unpaired) electrons. The molecule has 8 heteroatoms. The fraction of sp³-hybridized carbons (Fsp3) is 0.0667. The molecule has 0 saturated carbocycles. The van der Waals surface area contributed by atoms with Gasteiger partial charge < -0.3 is 4.74 Å². The molecular weight excluding hydrogens is 339 g/mol. The Bertz CT molecular complexity index is 778. The number of benzene rings is 1. The van der Waals surface area contributed by atoms with Crippen LogP contribution in [0.2, 0.25) is 10.3 Å². The Morgan fingerprint density at radius 1 is 1.26 bits per heavy atom. The Kier molecular flexibility index (Phi) is 5.52. The summed E-state index contributed by atoms with van der Waals surface area (Å²) in [5.41, 5.74) is 0.553. The van der Waals surface area contributed by atoms with Crippen LogP contribution in [-0.2, 0) is 4.79 Å². The number of methoxy groups -OCH3 is 1. The van der Waals surface area contributed by atoms with E-state index in [0.717, 1.165) is 0 Å². The maximum atomic E-state index is 12.1. The van der Waals surface area contributed by atoms with Gasteiger partial charge in [-0.3, -0.25) is 10.1 Å². The first-order valence-corrected chi connectivity index (χ1v) is 7.04. The van der Waals surface area contributed by atoms with Gasteiger partial charge in [-0.25, -0.2) is 9.97 Å². The molecule has 1 aromatic heterocycles. The molecule has 116 valence electrons. The van der Waals surface area contributed by atoms with Crippen molar-refractivity contribution in [2.45, 2.75) is 0 Å². The summed E-state index contributed by atoms with van der Waals surface area (Å²) in [6, 6.07) is 10.0. The van der Waals surface area contributed by atoms with Gasteiger partial charge in [0.25, 0.3) is 5.91 Å². The number of hydrogen-bond donors (Lipinski definition) is 1. The molecule has 1 N–H and O–H groups in total. The number of nitrogens with zero attached hydrogens (tertiary/aromatic N) is 3. The highest BCUT2D eigenvalue weighted by Crippen LogP contribution is 2.16. The van der Waals surface area contributed by atoms with E-state index in [-0.39, 0.29) is 21.8 Å². The third-order valence-electron chi connectivity index (χ3n) is 2.68. The van der Waals surface area contributed by atoms with Gasteiger partial charge in [-0.2, -0.15) is 5.26 Å². The Morgan fingerprint density at radius 2 is 1.87 bits per heavy atom. The fourth-order valence-electron chi connectivity index (χ4n) is 1.63. The van der Waals surface area contributed by atoms with Crippen LogP contribution in [0.4, 0.5) is 5.95 Å². The molecule has 0 aliphatic rings. The highest BCUT2D eigenvalue weighted by atomic mass is 35.5. The lowest BCUT2D eigenvalue weighted by molar-refractivity contribution is -0.112. The van der Waals surface area contributed by atoms with E-state index in [9.17, 15) is 4.79 Å². The predicted octanol–water partition coefficient (Wildman–Crippen LogP) is 3.34. The van der Waals surface area contributed by atoms with Crippen LogP contribution in [0.25, 0.3) is 6.08 Å². The molecule has 1 aromatic carbocycles. The lowest BCUT2D eigenvalue weighted by Crippen LogP contribution is -2.15. The molecule has 0 bridgehead atoms. The monoisotopic (exact) mass is 348 g/mol. The molecule has 0 aliphatic carbocycles. The molecule has 6 nitrogen and oxygen atoms in total. The van der Waals surface area contributed by atoms with Gasteiger partial charge in [0.1, 0.15) is 27.7 Å². The van der Waals surface area contributed by atoms with Crippen LogP contribution in [0.5, 0.6) is 5.75 Å². The van der Waals surface area contributed by atoms with Gasteiger partial charge in [-0.1, -0.05) is 35.3 Å². The van der Waals surface area contributed by atoms with Crippen molar-refractivity contribution in [3.8, 4) is 11.8 Å². The average Bonchev–Trinajstić information content (AvgIpc) is 2.52. The average molecular weight is 349 g/mol. The molecule has 23 heavy (non-hydrogen) atoms. The van der Waals surface area contributed by atoms with E-state index < -0.39 is 5.91 Å². The summed E-state index contributed by atoms with van der Waals surface area (Å²) in [5.74, 6) is -0.0721. The summed E-state index contributed by atoms with van der Waals surface area (Å²) >= 11 is 11.5. The Morgan fingerprint density at radius 3 is 2.39 bits per heavy atom. The molecular formula is C15H10Cl2N4O2. The van der Waals surface area contributed by atoms with Gasteiger partial charge in [-0.15, -0.1) is 0 Å². The molecule has 1 amide bonds. The first kappa shape index (κ1) is 16.7. The topological polar surface area (TPSA) is 87.9 Å². The van der Waals surface area contributed by atoms with E-state index >= 15 is 0 Å². The zero-order valence-corrected chi connectivity index (χ0v) is 13.4. The van der Waals surface area contributed by atoms with Crippen molar-refractivity contribution in [3.63, 3.8) is 0 Å². The van der Waals surface area contributed by atoms with E-state index in [2.05, 4.69) is 15.3 Å². The number of carbonyl (C=O) groups is 1. The van der Waals surface area contributed by atoms with Crippen LogP contribution in [0.3, 0.4) is 0 Å². The van der Waals surface area contributed by atoms with Crippen LogP contribution in [0.1, 0.15) is 5.56 Å². The van der Waals surface area contributed by atoms with E-state index in [1.807, 2.05) is 6.07 Å². The standard InChI is InChI=1S/C15H10Cl2N4O2/c1-23-11-4-2-9(3-5-11)6-10(8-18)14(22)21-15-19-12(16)7-13(17)20-15/h2-7H,1H3,(H,19,20,21,22)/b10-6+. The maximum absolute atomic E-state index is 12.1. The molecule has 0 atom stereocenters. The van der Waals surface area contributed by atoms with Crippen molar-refractivity contribution < 1.29 is 9.53 Å². The second-order valence-electron chi connectivity index (χ2n) is 4.23. The Hall–Kier alpha value is -2.62. The van der Waals surface area contributed by atoms with Gasteiger partial charge in [0, 0.05) is 6.07 Å². The van der Waals surface area contributed by atoms with E-state index in [1.54, 1.807) is 31.4 Å². The van der Waals surface area contributed by atoms with Crippen molar-refractivity contribution in [1.82, 2.24) is 9.97 Å². The van der Waals surface area contributed by atoms with E-state index in [0.29, 0.717) is 11.3 Å². The first-order chi connectivity index (χ1) is 11.0. The predicted molar refractivity (Wildman–Crippen MR) is 87.3 cm³/mol. The zero-order chi connectivity index (χ0) is 16.8. The normalized spacial score (nSPS) is 10.8. The minimum atomic E-state index is -0.665. The van der Waals surface area contributed by atoms with Crippen LogP contribution in [0, 0.1) is 11.3 Å². The van der Waals surface area contributed by atoms with Gasteiger partial charge in [-0.05, 0) is 23.8 Å². The third kappa shape index (κ3) is 4.68. The van der Waals surface area contributed by atoms with Crippen molar-refractivity contribution in [1.29, 1.82) is 5.26 Å². The quantitative estimate of drug-likeness (QED) is 0.520. The van der Waals surface area contributed by atoms with Crippen molar-refractivity contribution in [3.05, 3.63) is 51.8 Å². The number of ether oxygens (including phenoxy) is 1. The summed E-state index contributed by atoms with van der Waals surface area (Å²) in [4.78, 5) is 19.7. The minimum absolute atomic E-state index is 0.0802. The summed E-state index contributed by atoms with van der Waals surface area (Å²) in [7, 11) is 1.55. The van der Waals surface area contributed by atoms with Crippen molar-refractivity contribution >= 4 is 41.1 Å². The van der Waals surface area contributed by atoms with Crippen LogP contribution in [-0.4, -0.2) is 23.0 Å². The lowest BCUT2D eigenvalue weighted by atomic mass is 10.1. The smallest absolute Gasteiger partial charge is 0.268 e. The Labute approximate surface area is 142 Å². The highest BCUT2D eigenvalue weighted by Gasteiger charge is 2.12. The van der Waals surface area contributed by atoms with E-state index in [4.69, 9.17) is 33.2 Å². The van der Waals surface area contributed by atoms with Crippen LogP contribution < -0.4 is 10.1 Å². The second kappa shape index (κ2) is 7.58. The first-order valence-electron chi connectivity index (χ1n) is 6.29. The molecule has 0 spiro atoms. The SMILES string of the molecule is COc1ccc(/C=C(\C#N)C(=O)Nc2nc(Cl)cc(Cl)n2)cc1. The van der Waals surface area contributed by atoms with Gasteiger partial charge in [0.05, 0.1) is 7.11 Å². The fourth-order valence-corrected chi connectivity index (χ4v) is 2.05. The Balaban J connectivity index is 2.20. The third-order valence-corrected chi connectivity index (χ3v) is 3.07. The van der Waals surface area contributed by atoms with Crippen LogP contribution in [0.15, 0.2) is 35.9 Å². The molecule has 0 aliphatic heterocycles.